The van der Waals surface area contributed by atoms with Crippen molar-refractivity contribution in [3.63, 3.8) is 0 Å². The third kappa shape index (κ3) is 8.59. The molecule has 0 aliphatic rings. The normalized spacial score (nSPS) is 13.8. The molecule has 3 amide bonds. The minimum absolute atomic E-state index is 0.0528. The van der Waals surface area contributed by atoms with Crippen LogP contribution in [0.15, 0.2) is 54.6 Å². The van der Waals surface area contributed by atoms with E-state index >= 15 is 0 Å². The van der Waals surface area contributed by atoms with E-state index in [1.807, 2.05) is 75.4 Å². The Morgan fingerprint density at radius 1 is 1.03 bits per heavy atom. The summed E-state index contributed by atoms with van der Waals surface area (Å²) in [7, 11) is 0. The lowest BCUT2D eigenvalue weighted by atomic mass is 9.99. The van der Waals surface area contributed by atoms with Gasteiger partial charge in [0.25, 0.3) is 0 Å². The number of ether oxygens (including phenoxy) is 1. The van der Waals surface area contributed by atoms with Crippen LogP contribution >= 0.6 is 12.6 Å². The van der Waals surface area contributed by atoms with E-state index in [0.29, 0.717) is 18.5 Å². The minimum Gasteiger partial charge on any atom is -0.444 e. The van der Waals surface area contributed by atoms with Gasteiger partial charge in [-0.05, 0) is 52.2 Å². The first kappa shape index (κ1) is 29.2. The van der Waals surface area contributed by atoms with Gasteiger partial charge in [0.1, 0.15) is 17.7 Å². The fourth-order valence-electron chi connectivity index (χ4n) is 3.68. The molecule has 0 saturated carbocycles. The lowest BCUT2D eigenvalue weighted by Crippen LogP contribution is -2.56. The molecule has 7 nitrogen and oxygen atoms in total. The number of benzene rings is 2. The average molecular weight is 514 g/mol. The molecule has 8 heteroatoms. The summed E-state index contributed by atoms with van der Waals surface area (Å²) in [6, 6.07) is 15.0. The number of hydrogen-bond donors (Lipinski definition) is 3. The van der Waals surface area contributed by atoms with E-state index < -0.39 is 29.7 Å². The van der Waals surface area contributed by atoms with Crippen molar-refractivity contribution >= 4 is 30.5 Å². The van der Waals surface area contributed by atoms with Crippen molar-refractivity contribution in [3.8, 4) is 0 Å². The molecule has 36 heavy (non-hydrogen) atoms. The Morgan fingerprint density at radius 3 is 2.17 bits per heavy atom. The predicted octanol–water partition coefficient (Wildman–Crippen LogP) is 4.80. The second kappa shape index (κ2) is 13.3. The molecule has 0 aliphatic heterocycles. The number of thiol groups is 1. The predicted molar refractivity (Wildman–Crippen MR) is 146 cm³/mol. The quantitative estimate of drug-likeness (QED) is 0.398. The second-order valence-electron chi connectivity index (χ2n) is 9.90. The van der Waals surface area contributed by atoms with Gasteiger partial charge in [-0.2, -0.15) is 12.6 Å². The zero-order valence-corrected chi connectivity index (χ0v) is 23.0. The maximum Gasteiger partial charge on any atom is 0.408 e. The SMILES string of the molecule is CCC(C)N(C(=O)C(CS)NC(=O)OC(C)(C)C)C(C(=O)NCc1ccccc1)c1ccc(C)cc1. The first-order valence-corrected chi connectivity index (χ1v) is 12.9. The van der Waals surface area contributed by atoms with Crippen LogP contribution in [0.5, 0.6) is 0 Å². The van der Waals surface area contributed by atoms with E-state index in [4.69, 9.17) is 4.74 Å². The van der Waals surface area contributed by atoms with E-state index in [9.17, 15) is 14.4 Å². The smallest absolute Gasteiger partial charge is 0.408 e. The van der Waals surface area contributed by atoms with Gasteiger partial charge in [-0.3, -0.25) is 9.59 Å². The second-order valence-corrected chi connectivity index (χ2v) is 10.3. The molecule has 2 rings (SSSR count). The molecule has 2 aromatic rings. The van der Waals surface area contributed by atoms with Crippen molar-refractivity contribution in [2.45, 2.75) is 78.2 Å². The highest BCUT2D eigenvalue weighted by molar-refractivity contribution is 7.80. The number of alkyl carbamates (subject to hydrolysis) is 1. The number of nitrogens with one attached hydrogen (secondary N) is 2. The highest BCUT2D eigenvalue weighted by atomic mass is 32.1. The molecule has 0 radical (unpaired) electrons. The molecule has 2 N–H and O–H groups in total. The summed E-state index contributed by atoms with van der Waals surface area (Å²) in [4.78, 5) is 41.5. The van der Waals surface area contributed by atoms with Gasteiger partial charge in [0.2, 0.25) is 11.8 Å². The highest BCUT2D eigenvalue weighted by Crippen LogP contribution is 2.27. The standard InChI is InChI=1S/C28H39N3O4S/c1-7-20(3)31(26(33)23(18-36)30-27(34)35-28(4,5)6)24(22-15-13-19(2)14-16-22)25(32)29-17-21-11-9-8-10-12-21/h8-16,20,23-24,36H,7,17-18H2,1-6H3,(H,29,32)(H,30,34). The number of carbonyl (C=O) groups is 3. The molecule has 0 fully saturated rings. The number of amides is 3. The fourth-order valence-corrected chi connectivity index (χ4v) is 3.93. The summed E-state index contributed by atoms with van der Waals surface area (Å²) < 4.78 is 5.35. The summed E-state index contributed by atoms with van der Waals surface area (Å²) in [6.07, 6.45) is -0.0920. The van der Waals surface area contributed by atoms with Crippen LogP contribution in [-0.2, 0) is 20.9 Å². The van der Waals surface area contributed by atoms with Gasteiger partial charge >= 0.3 is 6.09 Å². The van der Waals surface area contributed by atoms with Crippen molar-refractivity contribution < 1.29 is 19.1 Å². The summed E-state index contributed by atoms with van der Waals surface area (Å²) in [6.45, 7) is 11.4. The maximum atomic E-state index is 13.9. The van der Waals surface area contributed by atoms with Crippen LogP contribution in [0, 0.1) is 6.92 Å². The molecule has 0 spiro atoms. The van der Waals surface area contributed by atoms with E-state index in [2.05, 4.69) is 23.3 Å². The van der Waals surface area contributed by atoms with E-state index in [1.165, 1.54) is 0 Å². The van der Waals surface area contributed by atoms with Gasteiger partial charge in [0.05, 0.1) is 0 Å². The molecular weight excluding hydrogens is 474 g/mol. The molecule has 2 aromatic carbocycles. The van der Waals surface area contributed by atoms with Gasteiger partial charge in [0.15, 0.2) is 0 Å². The lowest BCUT2D eigenvalue weighted by molar-refractivity contribution is -0.144. The highest BCUT2D eigenvalue weighted by Gasteiger charge is 2.38. The first-order chi connectivity index (χ1) is 17.0. The van der Waals surface area contributed by atoms with Crippen molar-refractivity contribution in [1.29, 1.82) is 0 Å². The third-order valence-corrected chi connectivity index (χ3v) is 6.09. The zero-order valence-electron chi connectivity index (χ0n) is 22.1. The minimum atomic E-state index is -0.966. The Hall–Kier alpha value is -3.00. The van der Waals surface area contributed by atoms with E-state index in [0.717, 1.165) is 11.1 Å². The van der Waals surface area contributed by atoms with Crippen LogP contribution in [0.25, 0.3) is 0 Å². The van der Waals surface area contributed by atoms with Crippen LogP contribution in [0.2, 0.25) is 0 Å². The van der Waals surface area contributed by atoms with Gasteiger partial charge in [-0.1, -0.05) is 67.1 Å². The van der Waals surface area contributed by atoms with Gasteiger partial charge in [-0.25, -0.2) is 4.79 Å². The van der Waals surface area contributed by atoms with Crippen LogP contribution in [0.3, 0.4) is 0 Å². The van der Waals surface area contributed by atoms with Crippen LogP contribution < -0.4 is 10.6 Å². The Bertz CT molecular complexity index is 1010. The molecule has 0 bridgehead atoms. The molecule has 0 heterocycles. The Kier molecular flexibility index (Phi) is 10.8. The number of nitrogens with zero attached hydrogens (tertiary/aromatic N) is 1. The number of carbonyl (C=O) groups excluding carboxylic acids is 3. The maximum absolute atomic E-state index is 13.9. The summed E-state index contributed by atoms with van der Waals surface area (Å²) in [5.74, 6) is -0.644. The summed E-state index contributed by atoms with van der Waals surface area (Å²) in [5, 5.41) is 5.63. The molecule has 0 saturated heterocycles. The average Bonchev–Trinajstić information content (AvgIpc) is 2.83. The molecular formula is C28H39N3O4S. The van der Waals surface area contributed by atoms with E-state index in [1.54, 1.807) is 25.7 Å². The molecule has 3 atom stereocenters. The Morgan fingerprint density at radius 2 is 1.64 bits per heavy atom. The largest absolute Gasteiger partial charge is 0.444 e. The Labute approximate surface area is 220 Å². The van der Waals surface area contributed by atoms with Crippen molar-refractivity contribution in [1.82, 2.24) is 15.5 Å². The number of aryl methyl sites for hydroxylation is 1. The lowest BCUT2D eigenvalue weighted by Gasteiger charge is -2.38. The molecule has 3 unspecified atom stereocenters. The molecule has 0 aliphatic carbocycles. The first-order valence-electron chi connectivity index (χ1n) is 12.3. The van der Waals surface area contributed by atoms with Crippen molar-refractivity contribution in [2.75, 3.05) is 5.75 Å². The van der Waals surface area contributed by atoms with Crippen molar-refractivity contribution in [2.24, 2.45) is 0 Å². The molecule has 196 valence electrons. The van der Waals surface area contributed by atoms with Crippen LogP contribution in [0.1, 0.15) is 63.8 Å². The van der Waals surface area contributed by atoms with Crippen LogP contribution in [0.4, 0.5) is 4.79 Å². The number of rotatable bonds is 10. The van der Waals surface area contributed by atoms with Crippen molar-refractivity contribution in [3.05, 3.63) is 71.3 Å². The van der Waals surface area contributed by atoms with Gasteiger partial charge in [0, 0.05) is 18.3 Å². The monoisotopic (exact) mass is 513 g/mol. The van der Waals surface area contributed by atoms with E-state index in [-0.39, 0.29) is 17.7 Å². The van der Waals surface area contributed by atoms with Gasteiger partial charge < -0.3 is 20.3 Å². The number of hydrogen-bond acceptors (Lipinski definition) is 5. The van der Waals surface area contributed by atoms with Crippen LogP contribution in [-0.4, -0.2) is 46.2 Å². The van der Waals surface area contributed by atoms with Gasteiger partial charge in [-0.15, -0.1) is 0 Å². The summed E-state index contributed by atoms with van der Waals surface area (Å²) >= 11 is 4.33. The summed E-state index contributed by atoms with van der Waals surface area (Å²) in [5.41, 5.74) is 1.97. The third-order valence-electron chi connectivity index (χ3n) is 5.72. The zero-order chi connectivity index (χ0) is 26.9. The molecule has 0 aromatic heterocycles. The topological polar surface area (TPSA) is 87.7 Å². The Balaban J connectivity index is 2.41. The fraction of sp³-hybridized carbons (Fsp3) is 0.464.